The standard InChI is InChI=1S/C23H22N6O3S/c1-16-13-20(21-14-24-28(22(21)25-16)15-19-3-2-12-33-19)23(30)27-10-8-26(9-11-27)17-4-6-18(7-5-17)29(31)32/h2-7,12-14H,8-11,15H2,1H3. The molecule has 1 aliphatic rings. The minimum atomic E-state index is -0.402. The number of aryl methyl sites for hydroxylation is 1. The molecule has 0 aliphatic carbocycles. The lowest BCUT2D eigenvalue weighted by Gasteiger charge is -2.36. The van der Waals surface area contributed by atoms with Gasteiger partial charge in [-0.3, -0.25) is 14.9 Å². The van der Waals surface area contributed by atoms with Crippen LogP contribution in [0.4, 0.5) is 11.4 Å². The molecule has 5 rings (SSSR count). The minimum absolute atomic E-state index is 0.0236. The average molecular weight is 463 g/mol. The third-order valence-electron chi connectivity index (χ3n) is 5.85. The Labute approximate surface area is 194 Å². The average Bonchev–Trinajstić information content (AvgIpc) is 3.49. The molecule has 9 nitrogen and oxygen atoms in total. The van der Waals surface area contributed by atoms with E-state index in [2.05, 4.69) is 21.0 Å². The van der Waals surface area contributed by atoms with Gasteiger partial charge in [0.15, 0.2) is 5.65 Å². The Balaban J connectivity index is 1.33. The van der Waals surface area contributed by atoms with E-state index < -0.39 is 4.92 Å². The normalized spacial score (nSPS) is 14.1. The second kappa shape index (κ2) is 8.62. The number of non-ortho nitro benzene ring substituents is 1. The molecule has 0 radical (unpaired) electrons. The van der Waals surface area contributed by atoms with Crippen LogP contribution in [0.25, 0.3) is 11.0 Å². The van der Waals surface area contributed by atoms with Gasteiger partial charge >= 0.3 is 0 Å². The van der Waals surface area contributed by atoms with Crippen molar-refractivity contribution >= 4 is 39.7 Å². The number of aromatic nitrogens is 3. The highest BCUT2D eigenvalue weighted by Gasteiger charge is 2.25. The monoisotopic (exact) mass is 462 g/mol. The van der Waals surface area contributed by atoms with Crippen molar-refractivity contribution < 1.29 is 9.72 Å². The molecule has 0 spiro atoms. The SMILES string of the molecule is Cc1cc(C(=O)N2CCN(c3ccc([N+](=O)[O-])cc3)CC2)c2cnn(Cc3cccs3)c2n1. The quantitative estimate of drug-likeness (QED) is 0.331. The first-order valence-corrected chi connectivity index (χ1v) is 11.5. The van der Waals surface area contributed by atoms with Gasteiger partial charge in [-0.05, 0) is 36.6 Å². The first-order valence-electron chi connectivity index (χ1n) is 10.6. The summed E-state index contributed by atoms with van der Waals surface area (Å²) in [6.45, 7) is 4.98. The second-order valence-corrected chi connectivity index (χ2v) is 9.02. The van der Waals surface area contributed by atoms with Crippen molar-refractivity contribution in [3.05, 3.63) is 80.3 Å². The van der Waals surface area contributed by atoms with Crippen molar-refractivity contribution in [2.75, 3.05) is 31.1 Å². The van der Waals surface area contributed by atoms with E-state index in [9.17, 15) is 14.9 Å². The lowest BCUT2D eigenvalue weighted by atomic mass is 10.1. The summed E-state index contributed by atoms with van der Waals surface area (Å²) in [7, 11) is 0. The van der Waals surface area contributed by atoms with E-state index in [0.717, 1.165) is 22.4 Å². The summed E-state index contributed by atoms with van der Waals surface area (Å²) in [5, 5.41) is 18.2. The predicted octanol–water partition coefficient (Wildman–Crippen LogP) is 3.72. The summed E-state index contributed by atoms with van der Waals surface area (Å²) in [6.07, 6.45) is 1.73. The smallest absolute Gasteiger partial charge is 0.269 e. The molecule has 1 fully saturated rings. The zero-order valence-electron chi connectivity index (χ0n) is 18.0. The fraction of sp³-hybridized carbons (Fsp3) is 0.261. The highest BCUT2D eigenvalue weighted by molar-refractivity contribution is 7.09. The first kappa shape index (κ1) is 21.1. The van der Waals surface area contributed by atoms with Crippen LogP contribution in [0, 0.1) is 17.0 Å². The number of piperazine rings is 1. The van der Waals surface area contributed by atoms with E-state index in [4.69, 9.17) is 0 Å². The van der Waals surface area contributed by atoms with Crippen LogP contribution in [0.2, 0.25) is 0 Å². The number of nitrogens with zero attached hydrogens (tertiary/aromatic N) is 6. The van der Waals surface area contributed by atoms with E-state index >= 15 is 0 Å². The Morgan fingerprint density at radius 1 is 1.15 bits per heavy atom. The maximum absolute atomic E-state index is 13.4. The molecule has 1 saturated heterocycles. The highest BCUT2D eigenvalue weighted by Crippen LogP contribution is 2.24. The lowest BCUT2D eigenvalue weighted by molar-refractivity contribution is -0.384. The van der Waals surface area contributed by atoms with Crippen LogP contribution in [0.5, 0.6) is 0 Å². The first-order chi connectivity index (χ1) is 16.0. The van der Waals surface area contributed by atoms with Crippen LogP contribution in [0.15, 0.2) is 54.0 Å². The van der Waals surface area contributed by atoms with Crippen molar-refractivity contribution in [3.8, 4) is 0 Å². The van der Waals surface area contributed by atoms with Crippen LogP contribution in [0.1, 0.15) is 20.9 Å². The zero-order chi connectivity index (χ0) is 22.9. The van der Waals surface area contributed by atoms with Gasteiger partial charge in [-0.2, -0.15) is 5.10 Å². The van der Waals surface area contributed by atoms with Crippen molar-refractivity contribution in [1.82, 2.24) is 19.7 Å². The third-order valence-corrected chi connectivity index (χ3v) is 6.71. The summed E-state index contributed by atoms with van der Waals surface area (Å²) in [6, 6.07) is 12.4. The molecule has 33 heavy (non-hydrogen) atoms. The number of nitro groups is 1. The van der Waals surface area contributed by atoms with E-state index in [1.54, 1.807) is 29.7 Å². The van der Waals surface area contributed by atoms with Gasteiger partial charge in [0.1, 0.15) is 0 Å². The van der Waals surface area contributed by atoms with E-state index in [0.29, 0.717) is 38.3 Å². The molecule has 0 bridgehead atoms. The molecule has 4 aromatic rings. The number of thiophene rings is 1. The van der Waals surface area contributed by atoms with Gasteiger partial charge in [-0.25, -0.2) is 9.67 Å². The molecule has 3 aromatic heterocycles. The largest absolute Gasteiger partial charge is 0.368 e. The zero-order valence-corrected chi connectivity index (χ0v) is 18.9. The molecular weight excluding hydrogens is 440 g/mol. The van der Waals surface area contributed by atoms with Crippen molar-refractivity contribution in [2.45, 2.75) is 13.5 Å². The number of benzene rings is 1. The van der Waals surface area contributed by atoms with Gasteiger partial charge in [0.2, 0.25) is 0 Å². The summed E-state index contributed by atoms with van der Waals surface area (Å²) < 4.78 is 1.84. The Bertz CT molecular complexity index is 1310. The van der Waals surface area contributed by atoms with Crippen LogP contribution < -0.4 is 4.90 Å². The summed E-state index contributed by atoms with van der Waals surface area (Å²) in [5.41, 5.74) is 3.12. The van der Waals surface area contributed by atoms with Gasteiger partial charge in [0.05, 0.1) is 28.6 Å². The van der Waals surface area contributed by atoms with Gasteiger partial charge in [0, 0.05) is 54.6 Å². The number of nitro benzene ring substituents is 1. The van der Waals surface area contributed by atoms with Crippen LogP contribution in [-0.2, 0) is 6.54 Å². The molecule has 0 N–H and O–H groups in total. The predicted molar refractivity (Wildman–Crippen MR) is 127 cm³/mol. The number of carbonyl (C=O) groups excluding carboxylic acids is 1. The van der Waals surface area contributed by atoms with Gasteiger partial charge in [0.25, 0.3) is 11.6 Å². The molecule has 1 aliphatic heterocycles. The number of hydrogen-bond acceptors (Lipinski definition) is 7. The van der Waals surface area contributed by atoms with E-state index in [1.807, 2.05) is 34.0 Å². The summed E-state index contributed by atoms with van der Waals surface area (Å²) in [5.74, 6) is -0.0236. The Morgan fingerprint density at radius 3 is 2.58 bits per heavy atom. The topological polar surface area (TPSA) is 97.4 Å². The number of anilines is 1. The van der Waals surface area contributed by atoms with Crippen molar-refractivity contribution in [2.24, 2.45) is 0 Å². The van der Waals surface area contributed by atoms with Gasteiger partial charge in [-0.15, -0.1) is 11.3 Å². The van der Waals surface area contributed by atoms with Crippen LogP contribution >= 0.6 is 11.3 Å². The number of fused-ring (bicyclic) bond motifs is 1. The Morgan fingerprint density at radius 2 is 1.91 bits per heavy atom. The minimum Gasteiger partial charge on any atom is -0.368 e. The van der Waals surface area contributed by atoms with Crippen molar-refractivity contribution in [3.63, 3.8) is 0 Å². The highest BCUT2D eigenvalue weighted by atomic mass is 32.1. The molecule has 0 unspecified atom stereocenters. The van der Waals surface area contributed by atoms with Crippen LogP contribution in [0.3, 0.4) is 0 Å². The summed E-state index contributed by atoms with van der Waals surface area (Å²) in [4.78, 5) is 33.7. The maximum Gasteiger partial charge on any atom is 0.269 e. The number of pyridine rings is 1. The molecule has 1 amide bonds. The molecule has 10 heteroatoms. The maximum atomic E-state index is 13.4. The molecule has 0 saturated carbocycles. The fourth-order valence-corrected chi connectivity index (χ4v) is 4.82. The summed E-state index contributed by atoms with van der Waals surface area (Å²) >= 11 is 1.67. The Kier molecular flexibility index (Phi) is 5.51. The van der Waals surface area contributed by atoms with Crippen LogP contribution in [-0.4, -0.2) is 56.7 Å². The fourth-order valence-electron chi connectivity index (χ4n) is 4.14. The Hall–Kier alpha value is -3.79. The van der Waals surface area contributed by atoms with Crippen molar-refractivity contribution in [1.29, 1.82) is 0 Å². The number of hydrogen-bond donors (Lipinski definition) is 0. The number of amides is 1. The molecule has 0 atom stereocenters. The molecule has 4 heterocycles. The van der Waals surface area contributed by atoms with E-state index in [1.165, 1.54) is 17.0 Å². The lowest BCUT2D eigenvalue weighted by Crippen LogP contribution is -2.48. The molecule has 1 aromatic carbocycles. The number of rotatable bonds is 5. The molecule has 168 valence electrons. The van der Waals surface area contributed by atoms with Gasteiger partial charge < -0.3 is 9.80 Å². The van der Waals surface area contributed by atoms with E-state index in [-0.39, 0.29) is 11.6 Å². The second-order valence-electron chi connectivity index (χ2n) is 7.98. The number of carbonyl (C=O) groups is 1. The molecular formula is C23H22N6O3S. The van der Waals surface area contributed by atoms with Gasteiger partial charge in [-0.1, -0.05) is 6.07 Å². The third kappa shape index (κ3) is 4.17.